The SMILES string of the molecule is CCNc1cc(N2CCN(C(=O)Cc3ccc(F)cc3)CC2)nc(C)n1. The van der Waals surface area contributed by atoms with E-state index in [9.17, 15) is 9.18 Å². The van der Waals surface area contributed by atoms with Crippen LogP contribution in [-0.2, 0) is 11.2 Å². The molecule has 0 spiro atoms. The molecule has 0 bridgehead atoms. The number of piperazine rings is 1. The number of nitrogens with zero attached hydrogens (tertiary/aromatic N) is 4. The van der Waals surface area contributed by atoms with Crippen LogP contribution in [0.4, 0.5) is 16.0 Å². The molecule has 1 aliphatic heterocycles. The van der Waals surface area contributed by atoms with Crippen LogP contribution in [0.25, 0.3) is 0 Å². The molecule has 1 N–H and O–H groups in total. The number of carbonyl (C=O) groups is 1. The summed E-state index contributed by atoms with van der Waals surface area (Å²) in [5.41, 5.74) is 0.834. The highest BCUT2D eigenvalue weighted by Crippen LogP contribution is 2.18. The van der Waals surface area contributed by atoms with E-state index < -0.39 is 0 Å². The minimum atomic E-state index is -0.285. The quantitative estimate of drug-likeness (QED) is 0.889. The van der Waals surface area contributed by atoms with Crippen molar-refractivity contribution in [1.29, 1.82) is 0 Å². The Labute approximate surface area is 153 Å². The molecule has 2 aromatic rings. The van der Waals surface area contributed by atoms with Crippen molar-refractivity contribution in [1.82, 2.24) is 14.9 Å². The number of hydrogen-bond donors (Lipinski definition) is 1. The van der Waals surface area contributed by atoms with Gasteiger partial charge in [-0.05, 0) is 31.5 Å². The van der Waals surface area contributed by atoms with Crippen LogP contribution in [0.2, 0.25) is 0 Å². The van der Waals surface area contributed by atoms with E-state index in [2.05, 4.69) is 20.2 Å². The van der Waals surface area contributed by atoms with E-state index in [1.165, 1.54) is 12.1 Å². The van der Waals surface area contributed by atoms with Crippen molar-refractivity contribution in [2.45, 2.75) is 20.3 Å². The lowest BCUT2D eigenvalue weighted by Gasteiger charge is -2.35. The monoisotopic (exact) mass is 357 g/mol. The van der Waals surface area contributed by atoms with E-state index in [4.69, 9.17) is 0 Å². The fraction of sp³-hybridized carbons (Fsp3) is 0.421. The summed E-state index contributed by atoms with van der Waals surface area (Å²) >= 11 is 0. The Morgan fingerprint density at radius 1 is 1.15 bits per heavy atom. The fourth-order valence-electron chi connectivity index (χ4n) is 3.06. The van der Waals surface area contributed by atoms with Gasteiger partial charge in [0, 0.05) is 38.8 Å². The molecule has 1 saturated heterocycles. The van der Waals surface area contributed by atoms with Crippen LogP contribution in [0.5, 0.6) is 0 Å². The minimum Gasteiger partial charge on any atom is -0.370 e. The summed E-state index contributed by atoms with van der Waals surface area (Å²) in [5, 5.41) is 3.22. The molecule has 1 aliphatic rings. The van der Waals surface area contributed by atoms with Crippen molar-refractivity contribution in [2.24, 2.45) is 0 Å². The smallest absolute Gasteiger partial charge is 0.227 e. The largest absolute Gasteiger partial charge is 0.370 e. The van der Waals surface area contributed by atoms with E-state index in [0.29, 0.717) is 19.5 Å². The Bertz CT molecular complexity index is 757. The molecule has 0 aliphatic carbocycles. The molecule has 0 saturated carbocycles. The van der Waals surface area contributed by atoms with Gasteiger partial charge in [-0.15, -0.1) is 0 Å². The lowest BCUT2D eigenvalue weighted by Crippen LogP contribution is -2.49. The van der Waals surface area contributed by atoms with Crippen LogP contribution in [0.15, 0.2) is 30.3 Å². The average molecular weight is 357 g/mol. The Morgan fingerprint density at radius 2 is 1.85 bits per heavy atom. The number of aromatic nitrogens is 2. The summed E-state index contributed by atoms with van der Waals surface area (Å²) in [6.45, 7) is 7.49. The molecular formula is C19H24FN5O. The second-order valence-electron chi connectivity index (χ2n) is 6.36. The molecule has 7 heteroatoms. The third-order valence-corrected chi connectivity index (χ3v) is 4.41. The standard InChI is InChI=1S/C19H24FN5O/c1-3-21-17-13-18(23-14(2)22-17)24-8-10-25(11-9-24)19(26)12-15-4-6-16(20)7-5-15/h4-7,13H,3,8-12H2,1-2H3,(H,21,22,23). The van der Waals surface area contributed by atoms with Gasteiger partial charge in [-0.3, -0.25) is 4.79 Å². The molecule has 1 aromatic heterocycles. The first-order valence-electron chi connectivity index (χ1n) is 8.92. The minimum absolute atomic E-state index is 0.0727. The van der Waals surface area contributed by atoms with Crippen LogP contribution in [0.3, 0.4) is 0 Å². The summed E-state index contributed by atoms with van der Waals surface area (Å²) in [5.74, 6) is 2.23. The van der Waals surface area contributed by atoms with E-state index >= 15 is 0 Å². The molecule has 138 valence electrons. The second kappa shape index (κ2) is 8.12. The molecular weight excluding hydrogens is 333 g/mol. The molecule has 0 radical (unpaired) electrons. The molecule has 0 unspecified atom stereocenters. The van der Waals surface area contributed by atoms with E-state index in [1.54, 1.807) is 12.1 Å². The Hall–Kier alpha value is -2.70. The average Bonchev–Trinajstić information content (AvgIpc) is 2.63. The van der Waals surface area contributed by atoms with E-state index in [0.717, 1.165) is 42.7 Å². The third kappa shape index (κ3) is 4.47. The third-order valence-electron chi connectivity index (χ3n) is 4.41. The molecule has 6 nitrogen and oxygen atoms in total. The fourth-order valence-corrected chi connectivity index (χ4v) is 3.06. The maximum atomic E-state index is 13.0. The van der Waals surface area contributed by atoms with Crippen molar-refractivity contribution >= 4 is 17.5 Å². The summed E-state index contributed by atoms with van der Waals surface area (Å²) < 4.78 is 13.0. The van der Waals surface area contributed by atoms with Crippen LogP contribution in [0.1, 0.15) is 18.3 Å². The Kier molecular flexibility index (Phi) is 5.65. The predicted octanol–water partition coefficient (Wildman–Crippen LogP) is 2.25. The lowest BCUT2D eigenvalue weighted by molar-refractivity contribution is -0.130. The normalized spacial score (nSPS) is 14.4. The highest BCUT2D eigenvalue weighted by Gasteiger charge is 2.22. The first kappa shape index (κ1) is 18.1. The predicted molar refractivity (Wildman–Crippen MR) is 99.8 cm³/mol. The van der Waals surface area contributed by atoms with Gasteiger partial charge in [0.1, 0.15) is 23.3 Å². The van der Waals surface area contributed by atoms with Gasteiger partial charge < -0.3 is 15.1 Å². The van der Waals surface area contributed by atoms with Crippen LogP contribution < -0.4 is 10.2 Å². The second-order valence-corrected chi connectivity index (χ2v) is 6.36. The van der Waals surface area contributed by atoms with Gasteiger partial charge in [0.05, 0.1) is 6.42 Å². The molecule has 1 aromatic carbocycles. The number of rotatable bonds is 5. The number of carbonyl (C=O) groups excluding carboxylic acids is 1. The van der Waals surface area contributed by atoms with Gasteiger partial charge in [-0.2, -0.15) is 0 Å². The molecule has 0 atom stereocenters. The van der Waals surface area contributed by atoms with Crippen LogP contribution in [0, 0.1) is 12.7 Å². The van der Waals surface area contributed by atoms with E-state index in [1.807, 2.05) is 24.8 Å². The van der Waals surface area contributed by atoms with Gasteiger partial charge in [-0.25, -0.2) is 14.4 Å². The van der Waals surface area contributed by atoms with E-state index in [-0.39, 0.29) is 11.7 Å². The van der Waals surface area contributed by atoms with Gasteiger partial charge in [0.15, 0.2) is 0 Å². The molecule has 3 rings (SSSR count). The van der Waals surface area contributed by atoms with Crippen molar-refractivity contribution in [3.05, 3.63) is 47.5 Å². The topological polar surface area (TPSA) is 61.4 Å². The molecule has 1 amide bonds. The van der Waals surface area contributed by atoms with Crippen LogP contribution >= 0.6 is 0 Å². The van der Waals surface area contributed by atoms with Gasteiger partial charge >= 0.3 is 0 Å². The number of amides is 1. The first-order chi connectivity index (χ1) is 12.5. The van der Waals surface area contributed by atoms with Crippen molar-refractivity contribution in [3.8, 4) is 0 Å². The summed E-state index contributed by atoms with van der Waals surface area (Å²) in [4.78, 5) is 25.4. The van der Waals surface area contributed by atoms with Crippen LogP contribution in [-0.4, -0.2) is 53.5 Å². The number of hydrogen-bond acceptors (Lipinski definition) is 5. The zero-order chi connectivity index (χ0) is 18.5. The lowest BCUT2D eigenvalue weighted by atomic mass is 10.1. The highest BCUT2D eigenvalue weighted by atomic mass is 19.1. The zero-order valence-corrected chi connectivity index (χ0v) is 15.2. The first-order valence-corrected chi connectivity index (χ1v) is 8.92. The summed E-state index contributed by atoms with van der Waals surface area (Å²) in [6.07, 6.45) is 0.303. The maximum Gasteiger partial charge on any atom is 0.227 e. The zero-order valence-electron chi connectivity index (χ0n) is 15.2. The van der Waals surface area contributed by atoms with Crippen molar-refractivity contribution in [3.63, 3.8) is 0 Å². The Balaban J connectivity index is 1.58. The van der Waals surface area contributed by atoms with Gasteiger partial charge in [0.2, 0.25) is 5.91 Å². The summed E-state index contributed by atoms with van der Waals surface area (Å²) in [6, 6.07) is 8.05. The molecule has 2 heterocycles. The van der Waals surface area contributed by atoms with Crippen molar-refractivity contribution in [2.75, 3.05) is 42.9 Å². The number of nitrogens with one attached hydrogen (secondary N) is 1. The van der Waals surface area contributed by atoms with Gasteiger partial charge in [0.25, 0.3) is 0 Å². The number of anilines is 2. The number of aryl methyl sites for hydroxylation is 1. The molecule has 1 fully saturated rings. The summed E-state index contributed by atoms with van der Waals surface area (Å²) in [7, 11) is 0. The van der Waals surface area contributed by atoms with Gasteiger partial charge in [-0.1, -0.05) is 12.1 Å². The maximum absolute atomic E-state index is 13.0. The highest BCUT2D eigenvalue weighted by molar-refractivity contribution is 5.79. The Morgan fingerprint density at radius 3 is 2.50 bits per heavy atom. The molecule has 26 heavy (non-hydrogen) atoms. The number of benzene rings is 1. The number of halogens is 1. The van der Waals surface area contributed by atoms with Crippen molar-refractivity contribution < 1.29 is 9.18 Å².